The van der Waals surface area contributed by atoms with E-state index in [1.54, 1.807) is 6.07 Å². The van der Waals surface area contributed by atoms with Crippen LogP contribution in [-0.2, 0) is 6.42 Å². The van der Waals surface area contributed by atoms with Gasteiger partial charge in [0.05, 0.1) is 11.4 Å². The maximum Gasteiger partial charge on any atom is 0.201 e. The van der Waals surface area contributed by atoms with Gasteiger partial charge in [-0.15, -0.1) is 0 Å². The Bertz CT molecular complexity index is 784. The molecular weight excluding hydrogens is 288 g/mol. The number of hydrogen-bond acceptors (Lipinski definition) is 3. The van der Waals surface area contributed by atoms with Crippen molar-refractivity contribution in [3.05, 3.63) is 47.2 Å². The lowest BCUT2D eigenvalue weighted by molar-refractivity contribution is 0.0809. The molecule has 0 fully saturated rings. The number of rotatable bonds is 1. The lowest BCUT2D eigenvalue weighted by Gasteiger charge is -2.29. The van der Waals surface area contributed by atoms with Crippen LogP contribution in [0.3, 0.4) is 0 Å². The number of pyridine rings is 1. The van der Waals surface area contributed by atoms with Crippen LogP contribution >= 0.6 is 0 Å². The Morgan fingerprint density at radius 3 is 2.50 bits per heavy atom. The molecule has 0 amide bonds. The first-order chi connectivity index (χ1) is 10.3. The number of aromatic hydroxyl groups is 1. The summed E-state index contributed by atoms with van der Waals surface area (Å²) in [6.45, 7) is 3.78. The van der Waals surface area contributed by atoms with Crippen molar-refractivity contribution in [2.24, 2.45) is 5.41 Å². The Labute approximate surface area is 126 Å². The Kier molecular flexibility index (Phi) is 3.24. The predicted molar refractivity (Wildman–Crippen MR) is 77.7 cm³/mol. The summed E-state index contributed by atoms with van der Waals surface area (Å²) in [6.07, 6.45) is 1.28. The summed E-state index contributed by atoms with van der Waals surface area (Å²) < 4.78 is 27.4. The van der Waals surface area contributed by atoms with Crippen LogP contribution in [0, 0.1) is 17.0 Å². The van der Waals surface area contributed by atoms with Gasteiger partial charge in [0.15, 0.2) is 17.3 Å². The summed E-state index contributed by atoms with van der Waals surface area (Å²) in [4.78, 5) is 16.7. The number of phenols is 1. The third-order valence-electron chi connectivity index (χ3n) is 4.16. The highest BCUT2D eigenvalue weighted by Crippen LogP contribution is 2.35. The SMILES string of the molecule is CC1(C)CCc2nc(-c3ccc(O)c(F)c3F)ccc2C1=O. The number of aromatic nitrogens is 1. The minimum absolute atomic E-state index is 0.0187. The Hall–Kier alpha value is -2.30. The highest BCUT2D eigenvalue weighted by molar-refractivity contribution is 6.02. The monoisotopic (exact) mass is 303 g/mol. The van der Waals surface area contributed by atoms with Crippen LogP contribution < -0.4 is 0 Å². The first-order valence-electron chi connectivity index (χ1n) is 7.03. The number of halogens is 2. The molecule has 1 aliphatic carbocycles. The molecule has 0 aliphatic heterocycles. The number of carbonyl (C=O) groups is 1. The Morgan fingerprint density at radius 1 is 1.09 bits per heavy atom. The van der Waals surface area contributed by atoms with Crippen molar-refractivity contribution in [1.82, 2.24) is 4.98 Å². The van der Waals surface area contributed by atoms with E-state index in [0.717, 1.165) is 6.07 Å². The predicted octanol–water partition coefficient (Wildman–Crippen LogP) is 3.89. The van der Waals surface area contributed by atoms with Crippen LogP contribution in [0.1, 0.15) is 36.3 Å². The van der Waals surface area contributed by atoms with Crippen molar-refractivity contribution in [2.45, 2.75) is 26.7 Å². The maximum absolute atomic E-state index is 13.9. The number of aryl methyl sites for hydroxylation is 1. The van der Waals surface area contributed by atoms with Gasteiger partial charge in [0.25, 0.3) is 0 Å². The van der Waals surface area contributed by atoms with E-state index >= 15 is 0 Å². The molecule has 1 N–H and O–H groups in total. The van der Waals surface area contributed by atoms with Gasteiger partial charge in [-0.25, -0.2) is 4.39 Å². The maximum atomic E-state index is 13.9. The third-order valence-corrected chi connectivity index (χ3v) is 4.16. The van der Waals surface area contributed by atoms with Gasteiger partial charge < -0.3 is 5.11 Å². The molecule has 0 saturated carbocycles. The lowest BCUT2D eigenvalue weighted by atomic mass is 9.75. The van der Waals surface area contributed by atoms with Crippen LogP contribution in [0.2, 0.25) is 0 Å². The number of phenolic OH excluding ortho intramolecular Hbond substituents is 1. The lowest BCUT2D eigenvalue weighted by Crippen LogP contribution is -2.31. The van der Waals surface area contributed by atoms with Crippen molar-refractivity contribution in [3.63, 3.8) is 0 Å². The Morgan fingerprint density at radius 2 is 1.77 bits per heavy atom. The molecule has 1 aromatic heterocycles. The highest BCUT2D eigenvalue weighted by atomic mass is 19.2. The van der Waals surface area contributed by atoms with Crippen molar-refractivity contribution >= 4 is 5.78 Å². The first-order valence-corrected chi connectivity index (χ1v) is 7.03. The number of hydrogen-bond donors (Lipinski definition) is 1. The molecule has 2 aromatic rings. The first kappa shape index (κ1) is 14.6. The van der Waals surface area contributed by atoms with Gasteiger partial charge in [0.2, 0.25) is 5.82 Å². The average molecular weight is 303 g/mol. The molecule has 1 heterocycles. The molecule has 0 unspecified atom stereocenters. The zero-order valence-corrected chi connectivity index (χ0v) is 12.3. The minimum atomic E-state index is -1.30. The molecule has 1 aliphatic rings. The average Bonchev–Trinajstić information content (AvgIpc) is 2.49. The molecule has 5 heteroatoms. The van der Waals surface area contributed by atoms with E-state index in [-0.39, 0.29) is 17.0 Å². The van der Waals surface area contributed by atoms with Gasteiger partial charge in [-0.2, -0.15) is 4.39 Å². The largest absolute Gasteiger partial charge is 0.505 e. The normalized spacial score (nSPS) is 16.5. The minimum Gasteiger partial charge on any atom is -0.505 e. The van der Waals surface area contributed by atoms with Crippen molar-refractivity contribution < 1.29 is 18.7 Å². The van der Waals surface area contributed by atoms with Crippen molar-refractivity contribution in [1.29, 1.82) is 0 Å². The molecule has 0 spiro atoms. The van der Waals surface area contributed by atoms with E-state index in [0.29, 0.717) is 24.1 Å². The fourth-order valence-corrected chi connectivity index (χ4v) is 2.69. The summed E-state index contributed by atoms with van der Waals surface area (Å²) in [7, 11) is 0. The molecule has 1 aromatic carbocycles. The molecule has 114 valence electrons. The van der Waals surface area contributed by atoms with E-state index in [4.69, 9.17) is 0 Å². The molecule has 0 radical (unpaired) electrons. The molecule has 0 atom stereocenters. The van der Waals surface area contributed by atoms with E-state index in [1.807, 2.05) is 13.8 Å². The van der Waals surface area contributed by atoms with Gasteiger partial charge in [-0.1, -0.05) is 13.8 Å². The second-order valence-corrected chi connectivity index (χ2v) is 6.16. The standard InChI is InChI=1S/C17H15F2NO2/c1-17(2)8-7-12-10(16(17)22)3-5-11(20-12)9-4-6-13(21)15(19)14(9)18/h3-6,21H,7-8H2,1-2H3. The van der Waals surface area contributed by atoms with Crippen LogP contribution in [0.4, 0.5) is 8.78 Å². The van der Waals surface area contributed by atoms with Crippen LogP contribution in [-0.4, -0.2) is 15.9 Å². The number of Topliss-reactive ketones (excluding diaryl/α,β-unsaturated/α-hetero) is 1. The molecule has 0 saturated heterocycles. The van der Waals surface area contributed by atoms with Crippen molar-refractivity contribution in [2.75, 3.05) is 0 Å². The zero-order valence-electron chi connectivity index (χ0n) is 12.3. The third kappa shape index (κ3) is 2.17. The number of benzene rings is 1. The van der Waals surface area contributed by atoms with Crippen LogP contribution in [0.15, 0.2) is 24.3 Å². The van der Waals surface area contributed by atoms with Gasteiger partial charge in [0.1, 0.15) is 0 Å². The van der Waals surface area contributed by atoms with E-state index in [9.17, 15) is 18.7 Å². The summed E-state index contributed by atoms with van der Waals surface area (Å²) in [6, 6.07) is 5.48. The summed E-state index contributed by atoms with van der Waals surface area (Å²) in [5, 5.41) is 9.18. The summed E-state index contributed by atoms with van der Waals surface area (Å²) in [5.41, 5.74) is 0.943. The van der Waals surface area contributed by atoms with E-state index in [2.05, 4.69) is 4.98 Å². The molecule has 3 nitrogen and oxygen atoms in total. The highest BCUT2D eigenvalue weighted by Gasteiger charge is 2.35. The van der Waals surface area contributed by atoms with Crippen LogP contribution in [0.25, 0.3) is 11.3 Å². The van der Waals surface area contributed by atoms with Crippen molar-refractivity contribution in [3.8, 4) is 17.0 Å². The number of nitrogens with zero attached hydrogens (tertiary/aromatic N) is 1. The van der Waals surface area contributed by atoms with Gasteiger partial charge in [-0.3, -0.25) is 9.78 Å². The smallest absolute Gasteiger partial charge is 0.201 e. The van der Waals surface area contributed by atoms with E-state index < -0.39 is 22.8 Å². The number of carbonyl (C=O) groups excluding carboxylic acids is 1. The summed E-state index contributed by atoms with van der Waals surface area (Å²) >= 11 is 0. The molecule has 0 bridgehead atoms. The fourth-order valence-electron chi connectivity index (χ4n) is 2.69. The topological polar surface area (TPSA) is 50.2 Å². The quantitative estimate of drug-likeness (QED) is 0.869. The second-order valence-electron chi connectivity index (χ2n) is 6.16. The zero-order chi connectivity index (χ0) is 16.1. The van der Waals surface area contributed by atoms with Gasteiger partial charge >= 0.3 is 0 Å². The summed E-state index contributed by atoms with van der Waals surface area (Å²) in [5.74, 6) is -3.16. The Balaban J connectivity index is 2.10. The number of fused-ring (bicyclic) bond motifs is 1. The molecular formula is C17H15F2NO2. The molecule has 3 rings (SSSR count). The van der Waals surface area contributed by atoms with Gasteiger partial charge in [-0.05, 0) is 37.1 Å². The van der Waals surface area contributed by atoms with E-state index in [1.165, 1.54) is 12.1 Å². The van der Waals surface area contributed by atoms with Gasteiger partial charge in [0, 0.05) is 16.5 Å². The number of ketones is 1. The molecule has 22 heavy (non-hydrogen) atoms. The fraction of sp³-hybridized carbons (Fsp3) is 0.294. The van der Waals surface area contributed by atoms with Crippen LogP contribution in [0.5, 0.6) is 5.75 Å². The second kappa shape index (κ2) is 4.87.